The van der Waals surface area contributed by atoms with E-state index < -0.39 is 0 Å². The topological polar surface area (TPSA) is 64.0 Å². The van der Waals surface area contributed by atoms with Gasteiger partial charge in [-0.1, -0.05) is 47.2 Å². The molecular formula is C25H21N3O2S. The van der Waals surface area contributed by atoms with E-state index in [4.69, 9.17) is 0 Å². The van der Waals surface area contributed by atoms with Crippen molar-refractivity contribution >= 4 is 23.4 Å². The van der Waals surface area contributed by atoms with Crippen LogP contribution in [0.1, 0.15) is 21.5 Å². The van der Waals surface area contributed by atoms with E-state index in [0.717, 1.165) is 16.1 Å². The van der Waals surface area contributed by atoms with Crippen LogP contribution in [0.25, 0.3) is 5.69 Å². The molecule has 154 valence electrons. The molecule has 0 fully saturated rings. The van der Waals surface area contributed by atoms with Crippen LogP contribution in [-0.2, 0) is 0 Å². The van der Waals surface area contributed by atoms with Crippen LogP contribution in [0.4, 0.5) is 5.69 Å². The van der Waals surface area contributed by atoms with E-state index in [-0.39, 0.29) is 11.5 Å². The first-order valence-corrected chi connectivity index (χ1v) is 10.6. The highest BCUT2D eigenvalue weighted by atomic mass is 32.2. The fraction of sp³-hybridized carbons (Fsp3) is 0.0800. The van der Waals surface area contributed by atoms with Gasteiger partial charge in [0.25, 0.3) is 11.5 Å². The predicted octanol–water partition coefficient (Wildman–Crippen LogP) is 5.25. The molecule has 5 nitrogen and oxygen atoms in total. The van der Waals surface area contributed by atoms with Crippen molar-refractivity contribution in [2.75, 3.05) is 5.32 Å². The highest BCUT2D eigenvalue weighted by molar-refractivity contribution is 7.99. The van der Waals surface area contributed by atoms with Crippen LogP contribution in [0, 0.1) is 13.8 Å². The van der Waals surface area contributed by atoms with Crippen LogP contribution in [0.2, 0.25) is 0 Å². The molecule has 6 heteroatoms. The number of aryl methyl sites for hydroxylation is 2. The molecule has 1 amide bonds. The fourth-order valence-corrected chi connectivity index (χ4v) is 3.73. The summed E-state index contributed by atoms with van der Waals surface area (Å²) in [6.45, 7) is 4.03. The molecule has 4 rings (SSSR count). The number of carbonyl (C=O) groups excluding carboxylic acids is 1. The maximum absolute atomic E-state index is 12.5. The molecule has 0 aliphatic heterocycles. The van der Waals surface area contributed by atoms with E-state index >= 15 is 0 Å². The molecule has 0 unspecified atom stereocenters. The van der Waals surface area contributed by atoms with Gasteiger partial charge in [0.2, 0.25) is 0 Å². The lowest BCUT2D eigenvalue weighted by Gasteiger charge is -2.09. The summed E-state index contributed by atoms with van der Waals surface area (Å²) in [5, 5.41) is 8.06. The summed E-state index contributed by atoms with van der Waals surface area (Å²) in [4.78, 5) is 25.9. The third-order valence-electron chi connectivity index (χ3n) is 4.70. The third-order valence-corrected chi connectivity index (χ3v) is 5.64. The van der Waals surface area contributed by atoms with Gasteiger partial charge in [-0.2, -0.15) is 9.78 Å². The van der Waals surface area contributed by atoms with Crippen molar-refractivity contribution in [3.63, 3.8) is 0 Å². The zero-order chi connectivity index (χ0) is 21.8. The van der Waals surface area contributed by atoms with E-state index in [1.807, 2.05) is 62.4 Å². The van der Waals surface area contributed by atoms with Gasteiger partial charge in [-0.3, -0.25) is 9.59 Å². The zero-order valence-corrected chi connectivity index (χ0v) is 18.0. The zero-order valence-electron chi connectivity index (χ0n) is 17.2. The lowest BCUT2D eigenvalue weighted by atomic mass is 10.1. The molecule has 0 aliphatic rings. The van der Waals surface area contributed by atoms with Crippen LogP contribution < -0.4 is 10.9 Å². The van der Waals surface area contributed by atoms with E-state index in [2.05, 4.69) is 10.4 Å². The first-order chi connectivity index (χ1) is 15.0. The van der Waals surface area contributed by atoms with Crippen LogP contribution >= 0.6 is 11.8 Å². The van der Waals surface area contributed by atoms with E-state index in [9.17, 15) is 9.59 Å². The summed E-state index contributed by atoms with van der Waals surface area (Å²) in [5.74, 6) is -0.209. The van der Waals surface area contributed by atoms with E-state index in [0.29, 0.717) is 16.3 Å². The summed E-state index contributed by atoms with van der Waals surface area (Å²) in [5.41, 5.74) is 3.92. The molecule has 4 aromatic rings. The first-order valence-electron chi connectivity index (χ1n) is 9.81. The number of aromatic nitrogens is 2. The van der Waals surface area contributed by atoms with Crippen LogP contribution in [0.3, 0.4) is 0 Å². The minimum absolute atomic E-state index is 0.209. The summed E-state index contributed by atoms with van der Waals surface area (Å²) in [6.07, 6.45) is 0. The number of carbonyl (C=O) groups is 1. The SMILES string of the molecule is Cc1ccc(NC(=O)c2ccc(-n3nc(Sc4ccc(C)cc4)ccc3=O)cc2)cc1. The summed E-state index contributed by atoms with van der Waals surface area (Å²) >= 11 is 1.49. The van der Waals surface area contributed by atoms with Gasteiger partial charge in [0.05, 0.1) is 5.69 Å². The van der Waals surface area contributed by atoms with Crippen molar-refractivity contribution in [3.8, 4) is 5.69 Å². The quantitative estimate of drug-likeness (QED) is 0.472. The fourth-order valence-electron chi connectivity index (χ4n) is 2.95. The maximum Gasteiger partial charge on any atom is 0.271 e. The monoisotopic (exact) mass is 427 g/mol. The Morgan fingerprint density at radius 3 is 2.06 bits per heavy atom. The largest absolute Gasteiger partial charge is 0.322 e. The number of hydrogen-bond acceptors (Lipinski definition) is 4. The highest BCUT2D eigenvalue weighted by Crippen LogP contribution is 2.25. The molecule has 0 aliphatic carbocycles. The van der Waals surface area contributed by atoms with E-state index in [1.165, 1.54) is 28.1 Å². The van der Waals surface area contributed by atoms with E-state index in [1.54, 1.807) is 30.3 Å². The second-order valence-electron chi connectivity index (χ2n) is 7.20. The van der Waals surface area contributed by atoms with Crippen molar-refractivity contribution in [2.24, 2.45) is 0 Å². The molecule has 0 saturated heterocycles. The first kappa shape index (κ1) is 20.6. The van der Waals surface area contributed by atoms with Crippen molar-refractivity contribution in [1.29, 1.82) is 0 Å². The Morgan fingerprint density at radius 1 is 0.806 bits per heavy atom. The Morgan fingerprint density at radius 2 is 1.42 bits per heavy atom. The number of rotatable bonds is 5. The second kappa shape index (κ2) is 9.02. The van der Waals surface area contributed by atoms with Gasteiger partial charge < -0.3 is 5.32 Å². The molecule has 0 spiro atoms. The van der Waals surface area contributed by atoms with Crippen LogP contribution in [0.15, 0.2) is 99.6 Å². The van der Waals surface area contributed by atoms with Gasteiger partial charge >= 0.3 is 0 Å². The Hall–Kier alpha value is -3.64. The number of amides is 1. The van der Waals surface area contributed by atoms with Gasteiger partial charge in [-0.05, 0) is 68.4 Å². The summed E-state index contributed by atoms with van der Waals surface area (Å²) in [6, 6.07) is 25.8. The third kappa shape index (κ3) is 5.10. The second-order valence-corrected chi connectivity index (χ2v) is 8.30. The molecule has 0 radical (unpaired) electrons. The minimum Gasteiger partial charge on any atom is -0.322 e. The lowest BCUT2D eigenvalue weighted by molar-refractivity contribution is 0.102. The summed E-state index contributed by atoms with van der Waals surface area (Å²) < 4.78 is 1.35. The standard InChI is InChI=1S/C25H21N3O2S/c1-17-3-9-20(10-4-17)26-25(30)19-7-11-21(12-8-19)28-24(29)16-15-23(27-28)31-22-13-5-18(2)6-14-22/h3-16H,1-2H3,(H,26,30). The van der Waals surface area contributed by atoms with Gasteiger partial charge in [-0.15, -0.1) is 0 Å². The molecule has 0 saturated carbocycles. The van der Waals surface area contributed by atoms with Gasteiger partial charge in [0, 0.05) is 22.2 Å². The number of nitrogens with zero attached hydrogens (tertiary/aromatic N) is 2. The number of nitrogens with one attached hydrogen (secondary N) is 1. The van der Waals surface area contributed by atoms with Crippen LogP contribution in [-0.4, -0.2) is 15.7 Å². The molecule has 1 heterocycles. The van der Waals surface area contributed by atoms with Crippen molar-refractivity contribution < 1.29 is 4.79 Å². The summed E-state index contributed by atoms with van der Waals surface area (Å²) in [7, 11) is 0. The Labute approximate surface area is 184 Å². The molecule has 1 aromatic heterocycles. The number of anilines is 1. The van der Waals surface area contributed by atoms with Crippen molar-refractivity contribution in [3.05, 3.63) is 112 Å². The Bertz CT molecular complexity index is 1260. The molecule has 1 N–H and O–H groups in total. The van der Waals surface area contributed by atoms with Gasteiger partial charge in [-0.25, -0.2) is 0 Å². The molecule has 31 heavy (non-hydrogen) atoms. The molecule has 0 bridgehead atoms. The maximum atomic E-state index is 12.5. The normalized spacial score (nSPS) is 10.6. The van der Waals surface area contributed by atoms with Crippen molar-refractivity contribution in [2.45, 2.75) is 23.8 Å². The molecular weight excluding hydrogens is 406 g/mol. The van der Waals surface area contributed by atoms with Gasteiger partial charge in [0.1, 0.15) is 5.03 Å². The highest BCUT2D eigenvalue weighted by Gasteiger charge is 2.09. The average Bonchev–Trinajstić information content (AvgIpc) is 2.78. The number of hydrogen-bond donors (Lipinski definition) is 1. The molecule has 0 atom stereocenters. The predicted molar refractivity (Wildman–Crippen MR) is 124 cm³/mol. The Balaban J connectivity index is 1.52. The van der Waals surface area contributed by atoms with Gasteiger partial charge in [0.15, 0.2) is 0 Å². The molecule has 3 aromatic carbocycles. The van der Waals surface area contributed by atoms with Crippen molar-refractivity contribution in [1.82, 2.24) is 9.78 Å². The Kier molecular flexibility index (Phi) is 6.00. The lowest BCUT2D eigenvalue weighted by Crippen LogP contribution is -2.20. The van der Waals surface area contributed by atoms with Crippen LogP contribution in [0.5, 0.6) is 0 Å². The smallest absolute Gasteiger partial charge is 0.271 e. The number of benzene rings is 3. The minimum atomic E-state index is -0.231. The average molecular weight is 428 g/mol.